The van der Waals surface area contributed by atoms with Crippen LogP contribution in [0.4, 0.5) is 0 Å². The maximum atomic E-state index is 12.0. The zero-order chi connectivity index (χ0) is 13.0. The van der Waals surface area contributed by atoms with E-state index >= 15 is 0 Å². The molecule has 0 radical (unpaired) electrons. The molecule has 18 heavy (non-hydrogen) atoms. The summed E-state index contributed by atoms with van der Waals surface area (Å²) in [5.74, 6) is -0.180. The average Bonchev–Trinajstić information content (AvgIpc) is 2.40. The Bertz CT molecular complexity index is 430. The van der Waals surface area contributed by atoms with E-state index in [1.54, 1.807) is 24.3 Å². The smallest absolute Gasteiger partial charge is 0.251 e. The highest BCUT2D eigenvalue weighted by atomic mass is 35.5. The van der Waals surface area contributed by atoms with E-state index in [2.05, 4.69) is 5.32 Å². The molecule has 1 fully saturated rings. The minimum Gasteiger partial charge on any atom is -0.349 e. The number of benzene rings is 1. The first-order valence-corrected chi connectivity index (χ1v) is 6.60. The fourth-order valence-electron chi connectivity index (χ4n) is 2.35. The Balaban J connectivity index is 2.01. The van der Waals surface area contributed by atoms with Gasteiger partial charge in [-0.1, -0.05) is 24.4 Å². The topological polar surface area (TPSA) is 46.2 Å². The normalized spacial score (nSPS) is 23.4. The van der Waals surface area contributed by atoms with Gasteiger partial charge in [0.15, 0.2) is 0 Å². The molecular formula is C14H16ClNO2. The molecule has 1 aromatic rings. The van der Waals surface area contributed by atoms with E-state index < -0.39 is 0 Å². The number of halogens is 1. The standard InChI is InChI=1S/C14H16ClNO2/c15-12-7-5-10(6-8-12)14(18)16-13-4-2-1-3-11(13)9-17/h5-9,11,13H,1-4H2,(H,16,18)/t11-,13-/m1/s1. The third-order valence-electron chi connectivity index (χ3n) is 3.42. The quantitative estimate of drug-likeness (QED) is 0.855. The molecule has 3 nitrogen and oxygen atoms in total. The summed E-state index contributed by atoms with van der Waals surface area (Å²) in [5.41, 5.74) is 0.578. The van der Waals surface area contributed by atoms with Gasteiger partial charge in [-0.25, -0.2) is 0 Å². The summed E-state index contributed by atoms with van der Waals surface area (Å²) in [7, 11) is 0. The number of hydrogen-bond donors (Lipinski definition) is 1. The minimum atomic E-state index is -0.134. The molecule has 1 amide bonds. The maximum Gasteiger partial charge on any atom is 0.251 e. The highest BCUT2D eigenvalue weighted by Crippen LogP contribution is 2.23. The van der Waals surface area contributed by atoms with Gasteiger partial charge in [0, 0.05) is 22.5 Å². The van der Waals surface area contributed by atoms with Crippen molar-refractivity contribution in [3.05, 3.63) is 34.9 Å². The first-order valence-electron chi connectivity index (χ1n) is 6.22. The first kappa shape index (κ1) is 13.1. The van der Waals surface area contributed by atoms with E-state index in [1.165, 1.54) is 0 Å². The second-order valence-electron chi connectivity index (χ2n) is 4.67. The van der Waals surface area contributed by atoms with Gasteiger partial charge in [0.25, 0.3) is 5.91 Å². The van der Waals surface area contributed by atoms with Crippen molar-refractivity contribution in [3.8, 4) is 0 Å². The van der Waals surface area contributed by atoms with Crippen molar-refractivity contribution in [2.45, 2.75) is 31.7 Å². The van der Waals surface area contributed by atoms with Crippen molar-refractivity contribution in [1.29, 1.82) is 0 Å². The molecular weight excluding hydrogens is 250 g/mol. The number of carbonyl (C=O) groups excluding carboxylic acids is 2. The molecule has 0 aliphatic heterocycles. The van der Waals surface area contributed by atoms with Crippen LogP contribution >= 0.6 is 11.6 Å². The molecule has 0 aromatic heterocycles. The number of hydrogen-bond acceptors (Lipinski definition) is 2. The molecule has 0 bridgehead atoms. The Morgan fingerprint density at radius 2 is 1.89 bits per heavy atom. The predicted octanol–water partition coefficient (Wildman–Crippen LogP) is 2.83. The second-order valence-corrected chi connectivity index (χ2v) is 5.11. The number of amides is 1. The van der Waals surface area contributed by atoms with Crippen LogP contribution in [0.3, 0.4) is 0 Å². The van der Waals surface area contributed by atoms with Crippen molar-refractivity contribution in [1.82, 2.24) is 5.32 Å². The highest BCUT2D eigenvalue weighted by molar-refractivity contribution is 6.30. The van der Waals surface area contributed by atoms with E-state index in [0.29, 0.717) is 10.6 Å². The Kier molecular flexibility index (Phi) is 4.37. The van der Waals surface area contributed by atoms with E-state index in [1.807, 2.05) is 0 Å². The Hall–Kier alpha value is -1.35. The van der Waals surface area contributed by atoms with Crippen LogP contribution in [0.2, 0.25) is 5.02 Å². The highest BCUT2D eigenvalue weighted by Gasteiger charge is 2.26. The van der Waals surface area contributed by atoms with Crippen LogP contribution in [0.5, 0.6) is 0 Å². The number of rotatable bonds is 3. The van der Waals surface area contributed by atoms with Crippen molar-refractivity contribution >= 4 is 23.8 Å². The van der Waals surface area contributed by atoms with Crippen molar-refractivity contribution in [2.24, 2.45) is 5.92 Å². The summed E-state index contributed by atoms with van der Waals surface area (Å²) < 4.78 is 0. The zero-order valence-corrected chi connectivity index (χ0v) is 10.8. The number of nitrogens with one attached hydrogen (secondary N) is 1. The van der Waals surface area contributed by atoms with E-state index in [-0.39, 0.29) is 17.9 Å². The fraction of sp³-hybridized carbons (Fsp3) is 0.429. The van der Waals surface area contributed by atoms with Crippen LogP contribution in [0.25, 0.3) is 0 Å². The summed E-state index contributed by atoms with van der Waals surface area (Å²) in [4.78, 5) is 23.0. The summed E-state index contributed by atoms with van der Waals surface area (Å²) in [6.45, 7) is 0. The minimum absolute atomic E-state index is 0.0283. The number of carbonyl (C=O) groups is 2. The summed E-state index contributed by atoms with van der Waals surface area (Å²) in [6.07, 6.45) is 4.84. The lowest BCUT2D eigenvalue weighted by molar-refractivity contribution is -0.112. The molecule has 2 rings (SSSR count). The molecule has 1 N–H and O–H groups in total. The van der Waals surface area contributed by atoms with Crippen LogP contribution in [0, 0.1) is 5.92 Å². The molecule has 0 saturated heterocycles. The molecule has 1 aliphatic carbocycles. The molecule has 1 saturated carbocycles. The third-order valence-corrected chi connectivity index (χ3v) is 3.67. The summed E-state index contributed by atoms with van der Waals surface area (Å²) in [5, 5.41) is 3.55. The molecule has 0 spiro atoms. The zero-order valence-electron chi connectivity index (χ0n) is 10.1. The van der Waals surface area contributed by atoms with Crippen LogP contribution in [0.1, 0.15) is 36.0 Å². The van der Waals surface area contributed by atoms with Crippen LogP contribution < -0.4 is 5.32 Å². The van der Waals surface area contributed by atoms with Crippen molar-refractivity contribution in [3.63, 3.8) is 0 Å². The summed E-state index contributed by atoms with van der Waals surface area (Å²) >= 11 is 5.78. The Morgan fingerprint density at radius 3 is 2.56 bits per heavy atom. The van der Waals surface area contributed by atoms with Gasteiger partial charge in [-0.15, -0.1) is 0 Å². The van der Waals surface area contributed by atoms with Gasteiger partial charge in [0.1, 0.15) is 6.29 Å². The lowest BCUT2D eigenvalue weighted by Gasteiger charge is -2.28. The molecule has 0 unspecified atom stereocenters. The fourth-order valence-corrected chi connectivity index (χ4v) is 2.48. The van der Waals surface area contributed by atoms with Crippen LogP contribution in [-0.4, -0.2) is 18.2 Å². The monoisotopic (exact) mass is 265 g/mol. The lowest BCUT2D eigenvalue weighted by Crippen LogP contribution is -2.42. The molecule has 1 aromatic carbocycles. The Morgan fingerprint density at radius 1 is 1.22 bits per heavy atom. The van der Waals surface area contributed by atoms with Gasteiger partial charge in [-0.05, 0) is 37.1 Å². The van der Waals surface area contributed by atoms with Gasteiger partial charge in [-0.2, -0.15) is 0 Å². The molecule has 2 atom stereocenters. The molecule has 0 heterocycles. The summed E-state index contributed by atoms with van der Waals surface area (Å²) in [6, 6.07) is 6.73. The van der Waals surface area contributed by atoms with Gasteiger partial charge in [0.2, 0.25) is 0 Å². The second kappa shape index (κ2) is 6.01. The van der Waals surface area contributed by atoms with E-state index in [9.17, 15) is 9.59 Å². The Labute approximate surface area is 112 Å². The predicted molar refractivity (Wildman–Crippen MR) is 70.7 cm³/mol. The largest absolute Gasteiger partial charge is 0.349 e. The molecule has 96 valence electrons. The van der Waals surface area contributed by atoms with E-state index in [4.69, 9.17) is 11.6 Å². The van der Waals surface area contributed by atoms with E-state index in [0.717, 1.165) is 32.0 Å². The SMILES string of the molecule is O=C[C@H]1CCCC[C@H]1NC(=O)c1ccc(Cl)cc1. The van der Waals surface area contributed by atoms with Gasteiger partial charge < -0.3 is 10.1 Å². The third kappa shape index (κ3) is 3.10. The van der Waals surface area contributed by atoms with Crippen LogP contribution in [-0.2, 0) is 4.79 Å². The average molecular weight is 266 g/mol. The van der Waals surface area contributed by atoms with Gasteiger partial charge in [-0.3, -0.25) is 4.79 Å². The van der Waals surface area contributed by atoms with Crippen molar-refractivity contribution < 1.29 is 9.59 Å². The van der Waals surface area contributed by atoms with Crippen molar-refractivity contribution in [2.75, 3.05) is 0 Å². The molecule has 1 aliphatic rings. The molecule has 4 heteroatoms. The first-order chi connectivity index (χ1) is 8.70. The van der Waals surface area contributed by atoms with Crippen LogP contribution in [0.15, 0.2) is 24.3 Å². The maximum absolute atomic E-state index is 12.0. The van der Waals surface area contributed by atoms with Gasteiger partial charge >= 0.3 is 0 Å². The lowest BCUT2D eigenvalue weighted by atomic mass is 9.85. The number of aldehydes is 1. The van der Waals surface area contributed by atoms with Gasteiger partial charge in [0.05, 0.1) is 0 Å².